The Labute approximate surface area is 85.2 Å². The molecular weight excluding hydrogens is 198 g/mol. The molecule has 0 radical (unpaired) electrons. The van der Waals surface area contributed by atoms with Gasteiger partial charge in [0.15, 0.2) is 0 Å². The van der Waals surface area contributed by atoms with Crippen molar-refractivity contribution in [1.29, 1.82) is 0 Å². The van der Waals surface area contributed by atoms with Crippen LogP contribution in [-0.2, 0) is 0 Å². The summed E-state index contributed by atoms with van der Waals surface area (Å²) in [6, 6.07) is 0. The molecular formula is C8H11N5S. The van der Waals surface area contributed by atoms with Crippen molar-refractivity contribution < 1.29 is 0 Å². The van der Waals surface area contributed by atoms with E-state index < -0.39 is 0 Å². The predicted molar refractivity (Wildman–Crippen MR) is 53.4 cm³/mol. The fourth-order valence-corrected chi connectivity index (χ4v) is 2.92. The zero-order valence-electron chi connectivity index (χ0n) is 7.84. The van der Waals surface area contributed by atoms with Gasteiger partial charge in [-0.15, -0.1) is 10.2 Å². The Kier molecular flexibility index (Phi) is 1.78. The summed E-state index contributed by atoms with van der Waals surface area (Å²) in [5.41, 5.74) is 0. The van der Waals surface area contributed by atoms with E-state index in [9.17, 15) is 0 Å². The number of fused-ring (bicyclic) bond motifs is 1. The monoisotopic (exact) mass is 209 g/mol. The van der Waals surface area contributed by atoms with Crippen LogP contribution in [0.3, 0.4) is 0 Å². The minimum absolute atomic E-state index is 0.543. The molecule has 5 nitrogen and oxygen atoms in total. The second-order valence-electron chi connectivity index (χ2n) is 3.74. The molecule has 2 aromatic heterocycles. The second kappa shape index (κ2) is 2.99. The molecule has 0 saturated carbocycles. The standard InChI is InChI=1S/C8H11N5S/c1-5-2-9-3-6(5)7-12-13-4-10-11-8(13)14-7/h4-6,9H,2-3H2,1H3. The fraction of sp³-hybridized carbons (Fsp3) is 0.625. The van der Waals surface area contributed by atoms with Crippen LogP contribution in [0.5, 0.6) is 0 Å². The molecule has 2 aromatic rings. The predicted octanol–water partition coefficient (Wildman–Crippen LogP) is 0.509. The molecule has 1 fully saturated rings. The largest absolute Gasteiger partial charge is 0.316 e. The van der Waals surface area contributed by atoms with E-state index in [4.69, 9.17) is 0 Å². The van der Waals surface area contributed by atoms with Crippen molar-refractivity contribution in [3.63, 3.8) is 0 Å². The van der Waals surface area contributed by atoms with Gasteiger partial charge in [0, 0.05) is 12.5 Å². The Morgan fingerprint density at radius 2 is 2.50 bits per heavy atom. The van der Waals surface area contributed by atoms with Gasteiger partial charge in [-0.3, -0.25) is 0 Å². The summed E-state index contributed by atoms with van der Waals surface area (Å²) in [5, 5.41) is 16.8. The number of hydrogen-bond donors (Lipinski definition) is 1. The molecule has 0 aromatic carbocycles. The van der Waals surface area contributed by atoms with Gasteiger partial charge in [0.1, 0.15) is 11.3 Å². The summed E-state index contributed by atoms with van der Waals surface area (Å²) in [6.45, 7) is 4.38. The van der Waals surface area contributed by atoms with Gasteiger partial charge < -0.3 is 5.32 Å². The lowest BCUT2D eigenvalue weighted by Crippen LogP contribution is -2.08. The van der Waals surface area contributed by atoms with Crippen molar-refractivity contribution in [1.82, 2.24) is 25.1 Å². The first kappa shape index (κ1) is 8.31. The lowest BCUT2D eigenvalue weighted by atomic mass is 9.99. The highest BCUT2D eigenvalue weighted by Crippen LogP contribution is 2.30. The fourth-order valence-electron chi connectivity index (χ4n) is 1.87. The summed E-state index contributed by atoms with van der Waals surface area (Å²) >= 11 is 1.64. The molecule has 2 atom stereocenters. The third-order valence-electron chi connectivity index (χ3n) is 2.74. The first-order valence-electron chi connectivity index (χ1n) is 4.72. The molecule has 74 valence electrons. The van der Waals surface area contributed by atoms with Crippen molar-refractivity contribution in [2.24, 2.45) is 5.92 Å². The highest BCUT2D eigenvalue weighted by atomic mass is 32.1. The Bertz CT molecular complexity index is 419. The molecule has 0 spiro atoms. The van der Waals surface area contributed by atoms with Crippen molar-refractivity contribution >= 4 is 16.3 Å². The van der Waals surface area contributed by atoms with E-state index in [1.54, 1.807) is 22.2 Å². The maximum atomic E-state index is 4.48. The first-order valence-corrected chi connectivity index (χ1v) is 5.53. The lowest BCUT2D eigenvalue weighted by Gasteiger charge is -2.08. The van der Waals surface area contributed by atoms with Crippen LogP contribution in [0.4, 0.5) is 0 Å². The van der Waals surface area contributed by atoms with E-state index in [1.807, 2.05) is 0 Å². The molecule has 1 aliphatic rings. The van der Waals surface area contributed by atoms with Crippen molar-refractivity contribution in [2.75, 3.05) is 13.1 Å². The average molecular weight is 209 g/mol. The third kappa shape index (κ3) is 1.14. The maximum Gasteiger partial charge on any atom is 0.234 e. The smallest absolute Gasteiger partial charge is 0.234 e. The van der Waals surface area contributed by atoms with E-state index in [0.29, 0.717) is 11.8 Å². The zero-order chi connectivity index (χ0) is 9.54. The van der Waals surface area contributed by atoms with Crippen LogP contribution >= 0.6 is 11.3 Å². The van der Waals surface area contributed by atoms with Crippen molar-refractivity contribution in [2.45, 2.75) is 12.8 Å². The van der Waals surface area contributed by atoms with Crippen LogP contribution in [-0.4, -0.2) is 32.9 Å². The molecule has 0 amide bonds. The summed E-state index contributed by atoms with van der Waals surface area (Å²) in [4.78, 5) is 0.888. The van der Waals surface area contributed by atoms with Crippen LogP contribution in [0.1, 0.15) is 17.8 Å². The maximum absolute atomic E-state index is 4.48. The molecule has 3 rings (SSSR count). The zero-order valence-corrected chi connectivity index (χ0v) is 8.66. The van der Waals surface area contributed by atoms with Crippen LogP contribution < -0.4 is 5.32 Å². The van der Waals surface area contributed by atoms with Crippen LogP contribution in [0.15, 0.2) is 6.33 Å². The van der Waals surface area contributed by atoms with E-state index in [-0.39, 0.29) is 0 Å². The molecule has 1 saturated heterocycles. The molecule has 3 heterocycles. The van der Waals surface area contributed by atoms with Gasteiger partial charge in [0.2, 0.25) is 4.96 Å². The van der Waals surface area contributed by atoms with Gasteiger partial charge >= 0.3 is 0 Å². The number of aromatic nitrogens is 4. The second-order valence-corrected chi connectivity index (χ2v) is 4.73. The van der Waals surface area contributed by atoms with E-state index in [2.05, 4.69) is 27.5 Å². The Balaban J connectivity index is 2.01. The van der Waals surface area contributed by atoms with E-state index in [1.165, 1.54) is 5.01 Å². The van der Waals surface area contributed by atoms with Crippen molar-refractivity contribution in [3.8, 4) is 0 Å². The van der Waals surface area contributed by atoms with Gasteiger partial charge in [-0.25, -0.2) is 0 Å². The summed E-state index contributed by atoms with van der Waals surface area (Å²) in [7, 11) is 0. The molecule has 1 N–H and O–H groups in total. The number of rotatable bonds is 1. The highest BCUT2D eigenvalue weighted by molar-refractivity contribution is 7.16. The van der Waals surface area contributed by atoms with Crippen LogP contribution in [0, 0.1) is 5.92 Å². The van der Waals surface area contributed by atoms with Gasteiger partial charge in [-0.2, -0.15) is 9.61 Å². The molecule has 2 unspecified atom stereocenters. The number of nitrogens with zero attached hydrogens (tertiary/aromatic N) is 4. The minimum atomic E-state index is 0.543. The highest BCUT2D eigenvalue weighted by Gasteiger charge is 2.27. The van der Waals surface area contributed by atoms with Gasteiger partial charge in [-0.1, -0.05) is 18.3 Å². The van der Waals surface area contributed by atoms with Gasteiger partial charge in [-0.05, 0) is 12.5 Å². The van der Waals surface area contributed by atoms with Crippen LogP contribution in [0.25, 0.3) is 4.96 Å². The molecule has 0 bridgehead atoms. The van der Waals surface area contributed by atoms with Gasteiger partial charge in [0.05, 0.1) is 0 Å². The topological polar surface area (TPSA) is 55.1 Å². The minimum Gasteiger partial charge on any atom is -0.316 e. The Hall–Kier alpha value is -1.01. The Morgan fingerprint density at radius 1 is 1.57 bits per heavy atom. The summed E-state index contributed by atoms with van der Waals surface area (Å²) in [6.07, 6.45) is 1.66. The van der Waals surface area contributed by atoms with Gasteiger partial charge in [0.25, 0.3) is 0 Å². The first-order chi connectivity index (χ1) is 6.84. The van der Waals surface area contributed by atoms with Crippen LogP contribution in [0.2, 0.25) is 0 Å². The summed E-state index contributed by atoms with van der Waals surface area (Å²) < 4.78 is 1.76. The van der Waals surface area contributed by atoms with Crippen molar-refractivity contribution in [3.05, 3.63) is 11.3 Å². The van der Waals surface area contributed by atoms with E-state index >= 15 is 0 Å². The molecule has 0 aliphatic carbocycles. The number of hydrogen-bond acceptors (Lipinski definition) is 5. The number of nitrogens with one attached hydrogen (secondary N) is 1. The molecule has 6 heteroatoms. The average Bonchev–Trinajstić information content (AvgIpc) is 2.75. The third-order valence-corrected chi connectivity index (χ3v) is 3.78. The quantitative estimate of drug-likeness (QED) is 0.743. The normalized spacial score (nSPS) is 27.5. The Morgan fingerprint density at radius 3 is 3.21 bits per heavy atom. The lowest BCUT2D eigenvalue weighted by molar-refractivity contribution is 0.563. The summed E-state index contributed by atoms with van der Waals surface area (Å²) in [5.74, 6) is 1.21. The van der Waals surface area contributed by atoms with E-state index in [0.717, 1.165) is 18.1 Å². The molecule has 14 heavy (non-hydrogen) atoms. The molecule has 1 aliphatic heterocycles. The SMILES string of the molecule is CC1CNCC1c1nn2cnnc2s1.